The largest absolute Gasteiger partial charge is 0.524 e. The van der Waals surface area contributed by atoms with Crippen LogP contribution in [0.2, 0.25) is 0 Å². The molecule has 0 aliphatic heterocycles. The average Bonchev–Trinajstić information content (AvgIpc) is 3.32. The summed E-state index contributed by atoms with van der Waals surface area (Å²) < 4.78 is 15.6. The fraction of sp³-hybridized carbons (Fsp3) is 0.148. The molecule has 0 saturated carbocycles. The van der Waals surface area contributed by atoms with E-state index in [1.807, 2.05) is 60.7 Å². The number of hydrogen-bond donors (Lipinski definition) is 4. The number of aromatic nitrogens is 1. The molecule has 11 heteroatoms. The first-order valence-corrected chi connectivity index (χ1v) is 14.0. The highest BCUT2D eigenvalue weighted by Gasteiger charge is 2.22. The maximum absolute atomic E-state index is 13.1. The van der Waals surface area contributed by atoms with Crippen molar-refractivity contribution in [3.63, 3.8) is 0 Å². The van der Waals surface area contributed by atoms with E-state index in [0.29, 0.717) is 5.56 Å². The van der Waals surface area contributed by atoms with Crippen LogP contribution in [0, 0.1) is 0 Å². The van der Waals surface area contributed by atoms with E-state index in [1.54, 1.807) is 12.1 Å². The average molecular weight is 552 g/mol. The highest BCUT2D eigenvalue weighted by atomic mass is 32.1. The number of thiazole rings is 1. The highest BCUT2D eigenvalue weighted by Crippen LogP contribution is 2.38. The molecule has 0 radical (unpaired) electrons. The van der Waals surface area contributed by atoms with Crippen molar-refractivity contribution in [1.29, 1.82) is 0 Å². The van der Waals surface area contributed by atoms with Gasteiger partial charge in [0.2, 0.25) is 11.8 Å². The highest BCUT2D eigenvalue weighted by molar-refractivity contribution is 7.46. The van der Waals surface area contributed by atoms with Crippen LogP contribution in [0.5, 0.6) is 5.75 Å². The molecule has 1 aromatic heterocycles. The fourth-order valence-electron chi connectivity index (χ4n) is 3.82. The van der Waals surface area contributed by atoms with Crippen molar-refractivity contribution in [2.45, 2.75) is 25.9 Å². The molecule has 0 bridgehead atoms. The zero-order valence-corrected chi connectivity index (χ0v) is 22.1. The summed E-state index contributed by atoms with van der Waals surface area (Å²) in [6.07, 6.45) is 0.171. The zero-order chi connectivity index (χ0) is 27.1. The topological polar surface area (TPSA) is 138 Å². The monoisotopic (exact) mass is 551 g/mol. The smallest absolute Gasteiger partial charge is 0.404 e. The van der Waals surface area contributed by atoms with Crippen molar-refractivity contribution < 1.29 is 28.5 Å². The van der Waals surface area contributed by atoms with E-state index in [-0.39, 0.29) is 30.5 Å². The lowest BCUT2D eigenvalue weighted by molar-refractivity contribution is -0.128. The third-order valence-electron chi connectivity index (χ3n) is 5.45. The van der Waals surface area contributed by atoms with Gasteiger partial charge in [-0.2, -0.15) is 0 Å². The number of carbonyl (C=O) groups excluding carboxylic acids is 2. The van der Waals surface area contributed by atoms with Gasteiger partial charge in [0.15, 0.2) is 0 Å². The van der Waals surface area contributed by atoms with Crippen LogP contribution in [0.1, 0.15) is 17.5 Å². The molecule has 1 unspecified atom stereocenters. The number of nitrogens with one attached hydrogen (secondary N) is 2. The normalized spacial score (nSPS) is 12.0. The first kappa shape index (κ1) is 27.2. The number of rotatable bonds is 10. The minimum atomic E-state index is -4.67. The van der Waals surface area contributed by atoms with Gasteiger partial charge in [0.25, 0.3) is 0 Å². The van der Waals surface area contributed by atoms with Crippen LogP contribution in [0.25, 0.3) is 21.7 Å². The van der Waals surface area contributed by atoms with Gasteiger partial charge in [-0.25, -0.2) is 9.55 Å². The number of phosphoric ester groups is 1. The Bertz CT molecular complexity index is 1380. The summed E-state index contributed by atoms with van der Waals surface area (Å²) in [6, 6.07) is 24.8. The van der Waals surface area contributed by atoms with Crippen LogP contribution in [-0.4, -0.2) is 32.6 Å². The molecule has 4 aromatic rings. The molecular formula is C27H26N3O6PS. The van der Waals surface area contributed by atoms with Gasteiger partial charge in [0, 0.05) is 18.9 Å². The second-order valence-electron chi connectivity index (χ2n) is 8.42. The van der Waals surface area contributed by atoms with E-state index >= 15 is 0 Å². The predicted molar refractivity (Wildman–Crippen MR) is 145 cm³/mol. The van der Waals surface area contributed by atoms with E-state index in [2.05, 4.69) is 15.2 Å². The molecule has 4 rings (SSSR count). The van der Waals surface area contributed by atoms with Crippen molar-refractivity contribution in [1.82, 2.24) is 15.6 Å². The van der Waals surface area contributed by atoms with Gasteiger partial charge in [0.1, 0.15) is 16.8 Å². The molecule has 0 spiro atoms. The number of hydrogen-bond acceptors (Lipinski definition) is 6. The maximum atomic E-state index is 13.1. The van der Waals surface area contributed by atoms with Gasteiger partial charge in [-0.1, -0.05) is 72.8 Å². The first-order chi connectivity index (χ1) is 18.2. The molecular weight excluding hydrogens is 525 g/mol. The molecule has 0 aliphatic carbocycles. The molecule has 9 nitrogen and oxygen atoms in total. The summed E-state index contributed by atoms with van der Waals surface area (Å²) >= 11 is 1.49. The van der Waals surface area contributed by atoms with Gasteiger partial charge in [-0.3, -0.25) is 19.4 Å². The van der Waals surface area contributed by atoms with E-state index < -0.39 is 13.9 Å². The summed E-state index contributed by atoms with van der Waals surface area (Å²) in [5.74, 6) is -0.748. The Morgan fingerprint density at radius 2 is 1.55 bits per heavy atom. The Hall–Kier alpha value is -3.82. The van der Waals surface area contributed by atoms with Crippen LogP contribution >= 0.6 is 19.2 Å². The zero-order valence-electron chi connectivity index (χ0n) is 20.4. The van der Waals surface area contributed by atoms with E-state index in [0.717, 1.165) is 26.7 Å². The third kappa shape index (κ3) is 7.60. The maximum Gasteiger partial charge on any atom is 0.524 e. The van der Waals surface area contributed by atoms with Crippen molar-refractivity contribution in [3.05, 3.63) is 95.5 Å². The Balaban J connectivity index is 1.49. The van der Waals surface area contributed by atoms with Gasteiger partial charge in [-0.05, 0) is 23.3 Å². The van der Waals surface area contributed by atoms with Crippen LogP contribution < -0.4 is 15.2 Å². The SMILES string of the molecule is CC(=O)NC(Cc1ccc(OP(=O)(O)O)cc1)C(=O)NCc1nc(-c2ccccc2)c(-c2ccccc2)s1. The lowest BCUT2D eigenvalue weighted by Gasteiger charge is -2.17. The van der Waals surface area contributed by atoms with Gasteiger partial charge >= 0.3 is 7.82 Å². The fourth-order valence-corrected chi connectivity index (χ4v) is 5.24. The molecule has 0 fully saturated rings. The van der Waals surface area contributed by atoms with Crippen LogP contribution in [0.15, 0.2) is 84.9 Å². The first-order valence-electron chi connectivity index (χ1n) is 11.7. The summed E-state index contributed by atoms with van der Waals surface area (Å²) in [5.41, 5.74) is 3.51. The van der Waals surface area contributed by atoms with Gasteiger partial charge in [-0.15, -0.1) is 11.3 Å². The summed E-state index contributed by atoms with van der Waals surface area (Å²) in [5, 5.41) is 6.26. The molecule has 4 N–H and O–H groups in total. The number of amides is 2. The Labute approximate surface area is 223 Å². The van der Waals surface area contributed by atoms with E-state index in [4.69, 9.17) is 14.8 Å². The van der Waals surface area contributed by atoms with Crippen LogP contribution in [-0.2, 0) is 27.1 Å². The molecule has 196 valence electrons. The molecule has 1 heterocycles. The van der Waals surface area contributed by atoms with Gasteiger partial charge in [0.05, 0.1) is 17.1 Å². The Morgan fingerprint density at radius 1 is 0.947 bits per heavy atom. The standard InChI is InChI=1S/C27H26N3O6PS/c1-18(31)29-23(16-19-12-14-22(15-13-19)36-37(33,34)35)27(32)28-17-24-30-25(20-8-4-2-5-9-20)26(38-24)21-10-6-3-7-11-21/h2-15,23H,16-17H2,1H3,(H,28,32)(H,29,31)(H2,33,34,35). The summed E-state index contributed by atoms with van der Waals surface area (Å²) in [4.78, 5) is 48.5. The van der Waals surface area contributed by atoms with Crippen molar-refractivity contribution in [3.8, 4) is 27.4 Å². The lowest BCUT2D eigenvalue weighted by atomic mass is 10.0. The van der Waals surface area contributed by atoms with Crippen molar-refractivity contribution in [2.24, 2.45) is 0 Å². The minimum absolute atomic E-state index is 0.00479. The molecule has 1 atom stereocenters. The number of nitrogens with zero attached hydrogens (tertiary/aromatic N) is 1. The molecule has 3 aromatic carbocycles. The predicted octanol–water partition coefficient (Wildman–Crippen LogP) is 4.31. The molecule has 0 aliphatic rings. The Morgan fingerprint density at radius 3 is 2.13 bits per heavy atom. The second kappa shape index (κ2) is 12.1. The number of phosphoric acid groups is 1. The van der Waals surface area contributed by atoms with Crippen molar-refractivity contribution >= 4 is 31.0 Å². The van der Waals surface area contributed by atoms with Crippen molar-refractivity contribution in [2.75, 3.05) is 0 Å². The number of benzene rings is 3. The quantitative estimate of drug-likeness (QED) is 0.216. The van der Waals surface area contributed by atoms with E-state index in [1.165, 1.54) is 30.4 Å². The summed E-state index contributed by atoms with van der Waals surface area (Å²) in [7, 11) is -4.67. The minimum Gasteiger partial charge on any atom is -0.404 e. The Kier molecular flexibility index (Phi) is 8.70. The van der Waals surface area contributed by atoms with E-state index in [9.17, 15) is 14.2 Å². The number of carbonyl (C=O) groups is 2. The van der Waals surface area contributed by atoms with Gasteiger partial charge < -0.3 is 15.2 Å². The van der Waals surface area contributed by atoms with Crippen LogP contribution in [0.4, 0.5) is 0 Å². The molecule has 38 heavy (non-hydrogen) atoms. The second-order valence-corrected chi connectivity index (χ2v) is 10.7. The lowest BCUT2D eigenvalue weighted by Crippen LogP contribution is -2.47. The molecule has 2 amide bonds. The van der Waals surface area contributed by atoms with Crippen LogP contribution in [0.3, 0.4) is 0 Å². The molecule has 0 saturated heterocycles. The third-order valence-corrected chi connectivity index (χ3v) is 7.00. The summed E-state index contributed by atoms with van der Waals surface area (Å²) in [6.45, 7) is 1.51.